The molecular formula is C15H25NOS2. The molecule has 1 aliphatic carbocycles. The summed E-state index contributed by atoms with van der Waals surface area (Å²) in [6, 6.07) is 4.43. The van der Waals surface area contributed by atoms with Gasteiger partial charge in [-0.1, -0.05) is 32.3 Å². The summed E-state index contributed by atoms with van der Waals surface area (Å²) in [4.78, 5) is 0. The van der Waals surface area contributed by atoms with E-state index in [1.807, 2.05) is 17.5 Å². The molecule has 19 heavy (non-hydrogen) atoms. The number of thiophene rings is 1. The third-order valence-corrected chi connectivity index (χ3v) is 6.68. The summed E-state index contributed by atoms with van der Waals surface area (Å²) >= 11 is 1.62. The van der Waals surface area contributed by atoms with Crippen LogP contribution < -0.4 is 5.32 Å². The van der Waals surface area contributed by atoms with Gasteiger partial charge in [-0.2, -0.15) is 0 Å². The SMILES string of the molecule is CCCNC(CS(=O)c1cccs1)C1CCCCC1. The van der Waals surface area contributed by atoms with Gasteiger partial charge in [0.15, 0.2) is 0 Å². The molecule has 0 spiro atoms. The van der Waals surface area contributed by atoms with Gasteiger partial charge in [0, 0.05) is 11.8 Å². The van der Waals surface area contributed by atoms with Crippen molar-refractivity contribution in [1.82, 2.24) is 5.32 Å². The average molecular weight is 300 g/mol. The number of hydrogen-bond acceptors (Lipinski definition) is 3. The number of nitrogens with one attached hydrogen (secondary N) is 1. The van der Waals surface area contributed by atoms with Crippen molar-refractivity contribution in [2.75, 3.05) is 12.3 Å². The first-order valence-electron chi connectivity index (χ1n) is 7.46. The fourth-order valence-electron chi connectivity index (χ4n) is 2.87. The molecule has 108 valence electrons. The van der Waals surface area contributed by atoms with Gasteiger partial charge >= 0.3 is 0 Å². The predicted octanol–water partition coefficient (Wildman–Crippen LogP) is 3.80. The van der Waals surface area contributed by atoms with Gasteiger partial charge in [-0.25, -0.2) is 0 Å². The van der Waals surface area contributed by atoms with Crippen LogP contribution in [-0.2, 0) is 10.8 Å². The Bertz CT molecular complexity index is 372. The van der Waals surface area contributed by atoms with Crippen molar-refractivity contribution in [3.63, 3.8) is 0 Å². The molecule has 2 rings (SSSR count). The van der Waals surface area contributed by atoms with Gasteiger partial charge in [0.1, 0.15) is 0 Å². The standard InChI is InChI=1S/C15H25NOS2/c1-2-10-16-14(13-7-4-3-5-8-13)12-19(17)15-9-6-11-18-15/h6,9,11,13-14,16H,2-5,7-8,10,12H2,1H3. The van der Waals surface area contributed by atoms with Crippen molar-refractivity contribution < 1.29 is 4.21 Å². The zero-order valence-corrected chi connectivity index (χ0v) is 13.4. The lowest BCUT2D eigenvalue weighted by Crippen LogP contribution is -2.41. The monoisotopic (exact) mass is 299 g/mol. The van der Waals surface area contributed by atoms with E-state index in [1.165, 1.54) is 32.1 Å². The first-order valence-corrected chi connectivity index (χ1v) is 9.66. The molecule has 4 heteroatoms. The molecule has 1 aliphatic rings. The van der Waals surface area contributed by atoms with Crippen molar-refractivity contribution >= 4 is 22.1 Å². The highest BCUT2D eigenvalue weighted by molar-refractivity contribution is 7.87. The molecule has 0 amide bonds. The topological polar surface area (TPSA) is 29.1 Å². The van der Waals surface area contributed by atoms with Crippen molar-refractivity contribution in [3.8, 4) is 0 Å². The molecule has 1 N–H and O–H groups in total. The van der Waals surface area contributed by atoms with E-state index in [2.05, 4.69) is 12.2 Å². The van der Waals surface area contributed by atoms with Crippen LogP contribution in [0.15, 0.2) is 21.7 Å². The van der Waals surface area contributed by atoms with E-state index < -0.39 is 10.8 Å². The van der Waals surface area contributed by atoms with Crippen molar-refractivity contribution in [3.05, 3.63) is 17.5 Å². The van der Waals surface area contributed by atoms with Crippen LogP contribution in [0, 0.1) is 5.92 Å². The quantitative estimate of drug-likeness (QED) is 0.829. The highest BCUT2D eigenvalue weighted by atomic mass is 32.2. The molecule has 1 aromatic rings. The van der Waals surface area contributed by atoms with E-state index in [0.29, 0.717) is 6.04 Å². The summed E-state index contributed by atoms with van der Waals surface area (Å²) in [5.74, 6) is 1.51. The summed E-state index contributed by atoms with van der Waals surface area (Å²) in [5, 5.41) is 5.66. The van der Waals surface area contributed by atoms with Crippen molar-refractivity contribution in [2.24, 2.45) is 5.92 Å². The van der Waals surface area contributed by atoms with Crippen LogP contribution in [0.5, 0.6) is 0 Å². The summed E-state index contributed by atoms with van der Waals surface area (Å²) in [6.45, 7) is 3.24. The second kappa shape index (κ2) is 8.18. The van der Waals surface area contributed by atoms with Gasteiger partial charge < -0.3 is 5.32 Å². The lowest BCUT2D eigenvalue weighted by atomic mass is 9.84. The van der Waals surface area contributed by atoms with E-state index in [4.69, 9.17) is 0 Å². The third-order valence-electron chi connectivity index (χ3n) is 3.93. The van der Waals surface area contributed by atoms with Gasteiger partial charge in [-0.15, -0.1) is 11.3 Å². The molecule has 1 fully saturated rings. The fraction of sp³-hybridized carbons (Fsp3) is 0.733. The number of rotatable bonds is 7. The molecule has 2 nitrogen and oxygen atoms in total. The van der Waals surface area contributed by atoms with Gasteiger partial charge in [-0.3, -0.25) is 4.21 Å². The maximum Gasteiger partial charge on any atom is 0.0911 e. The molecular weight excluding hydrogens is 274 g/mol. The molecule has 1 aromatic heterocycles. The third kappa shape index (κ3) is 4.69. The Labute approximate surface area is 123 Å². The fourth-order valence-corrected chi connectivity index (χ4v) is 5.23. The van der Waals surface area contributed by atoms with Crippen LogP contribution in [0.2, 0.25) is 0 Å². The minimum absolute atomic E-state index is 0.434. The minimum Gasteiger partial charge on any atom is -0.313 e. The zero-order valence-electron chi connectivity index (χ0n) is 11.8. The van der Waals surface area contributed by atoms with E-state index in [-0.39, 0.29) is 0 Å². The van der Waals surface area contributed by atoms with Crippen LogP contribution >= 0.6 is 11.3 Å². The van der Waals surface area contributed by atoms with E-state index in [9.17, 15) is 4.21 Å². The van der Waals surface area contributed by atoms with Crippen molar-refractivity contribution in [1.29, 1.82) is 0 Å². The Balaban J connectivity index is 1.94. The summed E-state index contributed by atoms with van der Waals surface area (Å²) < 4.78 is 13.4. The Morgan fingerprint density at radius 1 is 1.42 bits per heavy atom. The first-order chi connectivity index (χ1) is 9.31. The van der Waals surface area contributed by atoms with E-state index in [1.54, 1.807) is 11.3 Å². The Kier molecular flexibility index (Phi) is 6.54. The van der Waals surface area contributed by atoms with Crippen molar-refractivity contribution in [2.45, 2.75) is 55.7 Å². The highest BCUT2D eigenvalue weighted by Crippen LogP contribution is 2.28. The Hall–Kier alpha value is -0.190. The lowest BCUT2D eigenvalue weighted by molar-refractivity contribution is 0.284. The predicted molar refractivity (Wildman–Crippen MR) is 84.3 cm³/mol. The van der Waals surface area contributed by atoms with Crippen LogP contribution in [0.3, 0.4) is 0 Å². The molecule has 2 atom stereocenters. The molecule has 0 radical (unpaired) electrons. The van der Waals surface area contributed by atoms with Crippen LogP contribution in [0.25, 0.3) is 0 Å². The zero-order chi connectivity index (χ0) is 13.5. The molecule has 1 saturated carbocycles. The highest BCUT2D eigenvalue weighted by Gasteiger charge is 2.25. The van der Waals surface area contributed by atoms with Gasteiger partial charge in [0.05, 0.1) is 15.0 Å². The first kappa shape index (κ1) is 15.2. The van der Waals surface area contributed by atoms with E-state index >= 15 is 0 Å². The molecule has 0 aromatic carbocycles. The second-order valence-corrected chi connectivity index (χ2v) is 8.07. The maximum atomic E-state index is 12.4. The summed E-state index contributed by atoms with van der Waals surface area (Å²) in [5.41, 5.74) is 0. The molecule has 0 saturated heterocycles. The largest absolute Gasteiger partial charge is 0.313 e. The van der Waals surface area contributed by atoms with Crippen LogP contribution in [0.1, 0.15) is 45.4 Å². The van der Waals surface area contributed by atoms with Crippen LogP contribution in [0.4, 0.5) is 0 Å². The Morgan fingerprint density at radius 2 is 2.21 bits per heavy atom. The summed E-state index contributed by atoms with van der Waals surface area (Å²) in [7, 11) is -0.831. The normalized spacial score (nSPS) is 20.3. The molecule has 0 bridgehead atoms. The van der Waals surface area contributed by atoms with Gasteiger partial charge in [0.25, 0.3) is 0 Å². The molecule has 1 heterocycles. The lowest BCUT2D eigenvalue weighted by Gasteiger charge is -2.30. The van der Waals surface area contributed by atoms with E-state index in [0.717, 1.165) is 28.8 Å². The molecule has 2 unspecified atom stereocenters. The maximum absolute atomic E-state index is 12.4. The second-order valence-electron chi connectivity index (χ2n) is 5.40. The summed E-state index contributed by atoms with van der Waals surface area (Å²) in [6.07, 6.45) is 7.84. The Morgan fingerprint density at radius 3 is 2.84 bits per heavy atom. The smallest absolute Gasteiger partial charge is 0.0911 e. The van der Waals surface area contributed by atoms with Crippen LogP contribution in [-0.4, -0.2) is 22.5 Å². The average Bonchev–Trinajstić information content (AvgIpc) is 2.98. The molecule has 0 aliphatic heterocycles. The van der Waals surface area contributed by atoms with Gasteiger partial charge in [-0.05, 0) is 43.2 Å². The van der Waals surface area contributed by atoms with Gasteiger partial charge in [0.2, 0.25) is 0 Å². The number of hydrogen-bond donors (Lipinski definition) is 1. The minimum atomic E-state index is -0.831.